The van der Waals surface area contributed by atoms with Crippen LogP contribution in [0.3, 0.4) is 0 Å². The molecule has 0 fully saturated rings. The largest absolute Gasteiger partial charge is 0.459 e. The van der Waals surface area contributed by atoms with Crippen molar-refractivity contribution in [3.63, 3.8) is 0 Å². The standard InChI is InChI=1S/C17H25NO/c1-7-12-14(10-18-6)19-16-13(17(3,4)5)9-8-11(2)15(12)16/h8-9,18H,7,10H2,1-6H3. The molecule has 1 N–H and O–H groups in total. The van der Waals surface area contributed by atoms with Crippen LogP contribution in [0.15, 0.2) is 16.5 Å². The summed E-state index contributed by atoms with van der Waals surface area (Å²) >= 11 is 0. The zero-order valence-corrected chi connectivity index (χ0v) is 13.0. The maximum absolute atomic E-state index is 6.21. The normalized spacial score (nSPS) is 12.3. The van der Waals surface area contributed by atoms with Gasteiger partial charge in [0, 0.05) is 16.5 Å². The predicted octanol–water partition coefficient (Wildman–Crippen LogP) is 4.32. The molecule has 2 aromatic rings. The molecule has 1 aromatic heterocycles. The van der Waals surface area contributed by atoms with E-state index in [0.29, 0.717) is 0 Å². The fourth-order valence-corrected chi connectivity index (χ4v) is 2.75. The van der Waals surface area contributed by atoms with Crippen molar-refractivity contribution in [3.8, 4) is 0 Å². The fourth-order valence-electron chi connectivity index (χ4n) is 2.75. The van der Waals surface area contributed by atoms with E-state index < -0.39 is 0 Å². The molecule has 104 valence electrons. The average molecular weight is 259 g/mol. The summed E-state index contributed by atoms with van der Waals surface area (Å²) in [6.45, 7) is 11.9. The number of hydrogen-bond acceptors (Lipinski definition) is 2. The van der Waals surface area contributed by atoms with E-state index >= 15 is 0 Å². The minimum absolute atomic E-state index is 0.103. The van der Waals surface area contributed by atoms with Crippen LogP contribution < -0.4 is 5.32 Å². The Morgan fingerprint density at radius 2 is 1.89 bits per heavy atom. The lowest BCUT2D eigenvalue weighted by Crippen LogP contribution is -2.11. The lowest BCUT2D eigenvalue weighted by atomic mass is 9.85. The third kappa shape index (κ3) is 2.42. The van der Waals surface area contributed by atoms with E-state index in [1.807, 2.05) is 7.05 Å². The Bertz CT molecular complexity index is 587. The van der Waals surface area contributed by atoms with Crippen molar-refractivity contribution in [1.29, 1.82) is 0 Å². The van der Waals surface area contributed by atoms with Gasteiger partial charge >= 0.3 is 0 Å². The van der Waals surface area contributed by atoms with Crippen LogP contribution in [0, 0.1) is 6.92 Å². The zero-order chi connectivity index (χ0) is 14.2. The molecular formula is C17H25NO. The van der Waals surface area contributed by atoms with Crippen molar-refractivity contribution in [1.82, 2.24) is 5.32 Å². The molecule has 0 aliphatic carbocycles. The Labute approximate surface area is 116 Å². The molecule has 19 heavy (non-hydrogen) atoms. The Morgan fingerprint density at radius 1 is 1.21 bits per heavy atom. The first kappa shape index (κ1) is 14.1. The molecule has 0 radical (unpaired) electrons. The quantitative estimate of drug-likeness (QED) is 0.888. The predicted molar refractivity (Wildman–Crippen MR) is 81.8 cm³/mol. The van der Waals surface area contributed by atoms with Gasteiger partial charge in [-0.25, -0.2) is 0 Å². The van der Waals surface area contributed by atoms with Crippen molar-refractivity contribution in [2.45, 2.75) is 53.0 Å². The van der Waals surface area contributed by atoms with Gasteiger partial charge in [-0.2, -0.15) is 0 Å². The van der Waals surface area contributed by atoms with E-state index in [2.05, 4.69) is 52.1 Å². The van der Waals surface area contributed by atoms with Gasteiger partial charge in [0.05, 0.1) is 6.54 Å². The summed E-state index contributed by atoms with van der Waals surface area (Å²) in [4.78, 5) is 0. The maximum atomic E-state index is 6.21. The fraction of sp³-hybridized carbons (Fsp3) is 0.529. The summed E-state index contributed by atoms with van der Waals surface area (Å²) in [5.74, 6) is 1.08. The first-order valence-electron chi connectivity index (χ1n) is 7.09. The summed E-state index contributed by atoms with van der Waals surface area (Å²) < 4.78 is 6.21. The average Bonchev–Trinajstić information content (AvgIpc) is 2.67. The van der Waals surface area contributed by atoms with Crippen LogP contribution in [-0.4, -0.2) is 7.05 Å². The molecule has 0 amide bonds. The molecule has 2 heteroatoms. The summed E-state index contributed by atoms with van der Waals surface area (Å²) in [6, 6.07) is 4.44. The third-order valence-corrected chi connectivity index (χ3v) is 3.73. The first-order valence-corrected chi connectivity index (χ1v) is 7.09. The van der Waals surface area contributed by atoms with Crippen LogP contribution in [0.1, 0.15) is 50.1 Å². The van der Waals surface area contributed by atoms with Crippen LogP contribution >= 0.6 is 0 Å². The molecular weight excluding hydrogens is 234 g/mol. The molecule has 2 rings (SSSR count). The summed E-state index contributed by atoms with van der Waals surface area (Å²) in [5.41, 5.74) is 5.14. The molecule has 1 heterocycles. The van der Waals surface area contributed by atoms with Gasteiger partial charge in [-0.3, -0.25) is 0 Å². The van der Waals surface area contributed by atoms with E-state index in [4.69, 9.17) is 4.42 Å². The van der Waals surface area contributed by atoms with Crippen LogP contribution in [0.25, 0.3) is 11.0 Å². The van der Waals surface area contributed by atoms with Gasteiger partial charge in [-0.1, -0.05) is 39.8 Å². The molecule has 0 unspecified atom stereocenters. The lowest BCUT2D eigenvalue weighted by Gasteiger charge is -2.19. The molecule has 0 saturated carbocycles. The van der Waals surface area contributed by atoms with Crippen molar-refractivity contribution in [2.75, 3.05) is 7.05 Å². The van der Waals surface area contributed by atoms with Gasteiger partial charge in [0.15, 0.2) is 0 Å². The Hall–Kier alpha value is -1.28. The van der Waals surface area contributed by atoms with Crippen molar-refractivity contribution in [2.24, 2.45) is 0 Å². The summed E-state index contributed by atoms with van der Waals surface area (Å²) in [6.07, 6.45) is 1.01. The number of benzene rings is 1. The second-order valence-electron chi connectivity index (χ2n) is 6.27. The highest BCUT2D eigenvalue weighted by Crippen LogP contribution is 2.36. The van der Waals surface area contributed by atoms with E-state index in [1.165, 1.54) is 22.1 Å². The zero-order valence-electron chi connectivity index (χ0n) is 13.0. The van der Waals surface area contributed by atoms with Crippen molar-refractivity contribution in [3.05, 3.63) is 34.6 Å². The van der Waals surface area contributed by atoms with Gasteiger partial charge in [0.2, 0.25) is 0 Å². The molecule has 1 aromatic carbocycles. The molecule has 0 spiro atoms. The number of furan rings is 1. The molecule has 0 saturated heterocycles. The lowest BCUT2D eigenvalue weighted by molar-refractivity contribution is 0.508. The van der Waals surface area contributed by atoms with Gasteiger partial charge in [-0.05, 0) is 31.4 Å². The topological polar surface area (TPSA) is 25.2 Å². The highest BCUT2D eigenvalue weighted by molar-refractivity contribution is 5.89. The van der Waals surface area contributed by atoms with Crippen molar-refractivity contribution >= 4 is 11.0 Å². The number of fused-ring (bicyclic) bond motifs is 1. The Morgan fingerprint density at radius 3 is 2.42 bits per heavy atom. The maximum Gasteiger partial charge on any atom is 0.138 e. The summed E-state index contributed by atoms with van der Waals surface area (Å²) in [7, 11) is 1.96. The molecule has 0 aliphatic heterocycles. The summed E-state index contributed by atoms with van der Waals surface area (Å²) in [5, 5.41) is 4.52. The highest BCUT2D eigenvalue weighted by atomic mass is 16.3. The highest BCUT2D eigenvalue weighted by Gasteiger charge is 2.23. The van der Waals surface area contributed by atoms with Gasteiger partial charge in [0.25, 0.3) is 0 Å². The first-order chi connectivity index (χ1) is 8.90. The number of rotatable bonds is 3. The number of nitrogens with one attached hydrogen (secondary N) is 1. The minimum atomic E-state index is 0.103. The molecule has 0 bridgehead atoms. The molecule has 0 atom stereocenters. The second kappa shape index (κ2) is 5.01. The third-order valence-electron chi connectivity index (χ3n) is 3.73. The monoisotopic (exact) mass is 259 g/mol. The van der Waals surface area contributed by atoms with E-state index in [1.54, 1.807) is 0 Å². The number of aryl methyl sites for hydroxylation is 2. The van der Waals surface area contributed by atoms with E-state index in [0.717, 1.165) is 24.3 Å². The van der Waals surface area contributed by atoms with Crippen LogP contribution in [-0.2, 0) is 18.4 Å². The number of hydrogen-bond donors (Lipinski definition) is 1. The van der Waals surface area contributed by atoms with Crippen LogP contribution in [0.5, 0.6) is 0 Å². The Kier molecular flexibility index (Phi) is 3.73. The van der Waals surface area contributed by atoms with Crippen molar-refractivity contribution < 1.29 is 4.42 Å². The minimum Gasteiger partial charge on any atom is -0.459 e. The van der Waals surface area contributed by atoms with Crippen LogP contribution in [0.4, 0.5) is 0 Å². The van der Waals surface area contributed by atoms with E-state index in [9.17, 15) is 0 Å². The SMILES string of the molecule is CCc1c(CNC)oc2c(C(C)(C)C)ccc(C)c12. The molecule has 0 aliphatic rings. The van der Waals surface area contributed by atoms with Gasteiger partial charge in [0.1, 0.15) is 11.3 Å². The smallest absolute Gasteiger partial charge is 0.138 e. The van der Waals surface area contributed by atoms with Crippen LogP contribution in [0.2, 0.25) is 0 Å². The Balaban J connectivity index is 2.80. The van der Waals surface area contributed by atoms with Gasteiger partial charge in [-0.15, -0.1) is 0 Å². The molecule has 2 nitrogen and oxygen atoms in total. The van der Waals surface area contributed by atoms with E-state index in [-0.39, 0.29) is 5.41 Å². The second-order valence-corrected chi connectivity index (χ2v) is 6.27. The van der Waals surface area contributed by atoms with Gasteiger partial charge < -0.3 is 9.73 Å².